The van der Waals surface area contributed by atoms with E-state index in [-0.39, 0.29) is 5.91 Å². The molecule has 1 saturated carbocycles. The Morgan fingerprint density at radius 3 is 2.29 bits per heavy atom. The Hall–Kier alpha value is -1.57. The Morgan fingerprint density at radius 1 is 1.12 bits per heavy atom. The third-order valence-electron chi connectivity index (χ3n) is 5.23. The predicted molar refractivity (Wildman–Crippen MR) is 103 cm³/mol. The van der Waals surface area contributed by atoms with Crippen molar-refractivity contribution in [2.24, 2.45) is 11.3 Å². The molecule has 1 aromatic rings. The van der Waals surface area contributed by atoms with Crippen LogP contribution < -0.4 is 5.32 Å². The van der Waals surface area contributed by atoms with Gasteiger partial charge in [-0.2, -0.15) is 0 Å². The van der Waals surface area contributed by atoms with Crippen LogP contribution in [-0.2, 0) is 0 Å². The highest BCUT2D eigenvalue weighted by Gasteiger charge is 2.30. The van der Waals surface area contributed by atoms with Gasteiger partial charge in [0.15, 0.2) is 0 Å². The molecule has 0 heterocycles. The standard InChI is InChI=1S/C22H33NO/c1-5-6-7-8-17-9-11-18(12-10-17)21(24)23-20-15-13-19(14-16-20)22(2,3)4/h7-12,19-20H,5-6,13-16H2,1-4H3,(H,23,24)/b8-7+. The Balaban J connectivity index is 1.85. The number of carbonyl (C=O) groups excluding carboxylic acids is 1. The zero-order valence-electron chi connectivity index (χ0n) is 15.8. The minimum atomic E-state index is 0.0679. The van der Waals surface area contributed by atoms with E-state index in [1.807, 2.05) is 24.3 Å². The van der Waals surface area contributed by atoms with Gasteiger partial charge in [0.2, 0.25) is 0 Å². The van der Waals surface area contributed by atoms with Crippen molar-refractivity contribution in [2.45, 2.75) is 72.3 Å². The first kappa shape index (κ1) is 18.8. The van der Waals surface area contributed by atoms with Crippen LogP contribution in [0.4, 0.5) is 0 Å². The third-order valence-corrected chi connectivity index (χ3v) is 5.23. The summed E-state index contributed by atoms with van der Waals surface area (Å²) in [5.74, 6) is 0.845. The van der Waals surface area contributed by atoms with Gasteiger partial charge in [0.1, 0.15) is 0 Å². The predicted octanol–water partition coefficient (Wildman–Crippen LogP) is 5.83. The van der Waals surface area contributed by atoms with Crippen LogP contribution in [0.3, 0.4) is 0 Å². The molecule has 2 heteroatoms. The normalized spacial score (nSPS) is 21.8. The van der Waals surface area contributed by atoms with Crippen molar-refractivity contribution in [3.63, 3.8) is 0 Å². The molecule has 1 aliphatic carbocycles. The molecular formula is C22H33NO. The summed E-state index contributed by atoms with van der Waals surface area (Å²) in [7, 11) is 0. The van der Waals surface area contributed by atoms with Crippen molar-refractivity contribution in [3.8, 4) is 0 Å². The van der Waals surface area contributed by atoms with E-state index < -0.39 is 0 Å². The molecule has 1 amide bonds. The van der Waals surface area contributed by atoms with Crippen molar-refractivity contribution in [2.75, 3.05) is 0 Å². The largest absolute Gasteiger partial charge is 0.349 e. The number of rotatable bonds is 5. The Morgan fingerprint density at radius 2 is 1.75 bits per heavy atom. The summed E-state index contributed by atoms with van der Waals surface area (Å²) in [4.78, 5) is 12.4. The number of amides is 1. The van der Waals surface area contributed by atoms with Gasteiger partial charge in [-0.1, -0.05) is 58.4 Å². The van der Waals surface area contributed by atoms with E-state index in [9.17, 15) is 4.79 Å². The molecule has 0 bridgehead atoms. The summed E-state index contributed by atoms with van der Waals surface area (Å²) in [6, 6.07) is 8.25. The maximum Gasteiger partial charge on any atom is 0.251 e. The SMILES string of the molecule is CCC/C=C/c1ccc(C(=O)NC2CCC(C(C)(C)C)CC2)cc1. The molecule has 1 N–H and O–H groups in total. The molecule has 0 spiro atoms. The number of hydrogen-bond acceptors (Lipinski definition) is 1. The van der Waals surface area contributed by atoms with E-state index in [0.717, 1.165) is 42.7 Å². The van der Waals surface area contributed by atoms with Gasteiger partial charge in [-0.15, -0.1) is 0 Å². The van der Waals surface area contributed by atoms with Crippen molar-refractivity contribution < 1.29 is 4.79 Å². The molecule has 0 aliphatic heterocycles. The molecule has 2 nitrogen and oxygen atoms in total. The Labute approximate surface area is 147 Å². The summed E-state index contributed by atoms with van der Waals surface area (Å²) in [6.07, 6.45) is 11.2. The highest BCUT2D eigenvalue weighted by Crippen LogP contribution is 2.37. The first-order valence-corrected chi connectivity index (χ1v) is 9.47. The van der Waals surface area contributed by atoms with Gasteiger partial charge >= 0.3 is 0 Å². The van der Waals surface area contributed by atoms with Crippen LogP contribution in [0.25, 0.3) is 6.08 Å². The Bertz CT molecular complexity index is 542. The molecule has 132 valence electrons. The maximum atomic E-state index is 12.4. The minimum absolute atomic E-state index is 0.0679. The highest BCUT2D eigenvalue weighted by molar-refractivity contribution is 5.94. The third kappa shape index (κ3) is 5.51. The Kier molecular flexibility index (Phi) is 6.65. The van der Waals surface area contributed by atoms with Crippen LogP contribution in [0.2, 0.25) is 0 Å². The van der Waals surface area contributed by atoms with E-state index >= 15 is 0 Å². The lowest BCUT2D eigenvalue weighted by Crippen LogP contribution is -2.39. The maximum absolute atomic E-state index is 12.4. The van der Waals surface area contributed by atoms with Crippen molar-refractivity contribution in [1.82, 2.24) is 5.32 Å². The first-order valence-electron chi connectivity index (χ1n) is 9.47. The van der Waals surface area contributed by atoms with Crippen LogP contribution in [0.1, 0.15) is 82.1 Å². The van der Waals surface area contributed by atoms with Gasteiger partial charge < -0.3 is 5.32 Å². The fourth-order valence-corrected chi connectivity index (χ4v) is 3.50. The molecule has 1 fully saturated rings. The highest BCUT2D eigenvalue weighted by atomic mass is 16.1. The summed E-state index contributed by atoms with van der Waals surface area (Å²) in [5, 5.41) is 3.22. The number of hydrogen-bond donors (Lipinski definition) is 1. The number of allylic oxidation sites excluding steroid dienone is 1. The fourth-order valence-electron chi connectivity index (χ4n) is 3.50. The number of unbranched alkanes of at least 4 members (excludes halogenated alkanes) is 1. The summed E-state index contributed by atoms with van der Waals surface area (Å²) < 4.78 is 0. The van der Waals surface area contributed by atoms with Gasteiger partial charge in [-0.3, -0.25) is 4.79 Å². The minimum Gasteiger partial charge on any atom is -0.349 e. The number of carbonyl (C=O) groups is 1. The van der Waals surface area contributed by atoms with Gasteiger partial charge in [0.25, 0.3) is 5.91 Å². The van der Waals surface area contributed by atoms with Gasteiger partial charge in [0, 0.05) is 11.6 Å². The number of benzene rings is 1. The van der Waals surface area contributed by atoms with E-state index in [4.69, 9.17) is 0 Å². The van der Waals surface area contributed by atoms with Crippen LogP contribution in [-0.4, -0.2) is 11.9 Å². The van der Waals surface area contributed by atoms with Gasteiger partial charge in [-0.05, 0) is 61.1 Å². The zero-order valence-corrected chi connectivity index (χ0v) is 15.8. The molecule has 1 aliphatic rings. The van der Waals surface area contributed by atoms with Crippen molar-refractivity contribution in [3.05, 3.63) is 41.5 Å². The second-order valence-electron chi connectivity index (χ2n) is 8.20. The summed E-state index contributed by atoms with van der Waals surface area (Å²) in [5.41, 5.74) is 2.31. The lowest BCUT2D eigenvalue weighted by atomic mass is 9.71. The van der Waals surface area contributed by atoms with Gasteiger partial charge in [-0.25, -0.2) is 0 Å². The lowest BCUT2D eigenvalue weighted by Gasteiger charge is -2.37. The fraction of sp³-hybridized carbons (Fsp3) is 0.591. The summed E-state index contributed by atoms with van der Waals surface area (Å²) >= 11 is 0. The topological polar surface area (TPSA) is 29.1 Å². The number of nitrogens with one attached hydrogen (secondary N) is 1. The average Bonchev–Trinajstić information content (AvgIpc) is 2.55. The molecule has 24 heavy (non-hydrogen) atoms. The van der Waals surface area contributed by atoms with E-state index in [0.29, 0.717) is 11.5 Å². The van der Waals surface area contributed by atoms with E-state index in [2.05, 4.69) is 45.2 Å². The van der Waals surface area contributed by atoms with Crippen molar-refractivity contribution in [1.29, 1.82) is 0 Å². The van der Waals surface area contributed by atoms with Crippen LogP contribution in [0.5, 0.6) is 0 Å². The molecule has 2 rings (SSSR count). The molecule has 1 aromatic carbocycles. The molecular weight excluding hydrogens is 294 g/mol. The second-order valence-corrected chi connectivity index (χ2v) is 8.20. The molecule has 0 unspecified atom stereocenters. The van der Waals surface area contributed by atoms with Crippen LogP contribution in [0, 0.1) is 11.3 Å². The second kappa shape index (κ2) is 8.50. The lowest BCUT2D eigenvalue weighted by molar-refractivity contribution is 0.0904. The smallest absolute Gasteiger partial charge is 0.251 e. The molecule has 0 aromatic heterocycles. The first-order chi connectivity index (χ1) is 11.4. The summed E-state index contributed by atoms with van der Waals surface area (Å²) in [6.45, 7) is 9.15. The van der Waals surface area contributed by atoms with E-state index in [1.54, 1.807) is 0 Å². The van der Waals surface area contributed by atoms with Crippen LogP contribution >= 0.6 is 0 Å². The molecule has 0 atom stereocenters. The monoisotopic (exact) mass is 327 g/mol. The van der Waals surface area contributed by atoms with Crippen molar-refractivity contribution >= 4 is 12.0 Å². The zero-order chi connectivity index (χ0) is 17.6. The quantitative estimate of drug-likeness (QED) is 0.723. The van der Waals surface area contributed by atoms with E-state index in [1.165, 1.54) is 12.8 Å². The van der Waals surface area contributed by atoms with Crippen LogP contribution in [0.15, 0.2) is 30.3 Å². The molecule has 0 radical (unpaired) electrons. The average molecular weight is 328 g/mol. The molecule has 0 saturated heterocycles. The van der Waals surface area contributed by atoms with Gasteiger partial charge in [0.05, 0.1) is 0 Å².